The van der Waals surface area contributed by atoms with Crippen LogP contribution in [0.25, 0.3) is 0 Å². The molecule has 0 unspecified atom stereocenters. The third kappa shape index (κ3) is 4.54. The van der Waals surface area contributed by atoms with Crippen molar-refractivity contribution in [1.29, 1.82) is 0 Å². The molecular weight excluding hydrogens is 331 g/mol. The molecule has 0 aromatic heterocycles. The average Bonchev–Trinajstić information content (AvgIpc) is 2.64. The van der Waals surface area contributed by atoms with E-state index in [9.17, 15) is 9.18 Å². The monoisotopic (exact) mass is 362 g/mol. The van der Waals surface area contributed by atoms with Gasteiger partial charge in [0.25, 0.3) is 0 Å². The van der Waals surface area contributed by atoms with Crippen LogP contribution in [0.5, 0.6) is 0 Å². The molecule has 2 fully saturated rings. The highest BCUT2D eigenvalue weighted by Gasteiger charge is 2.25. The number of carbonyl (C=O) groups excluding carboxylic acids is 1. The Hall–Kier alpha value is -1.66. The molecule has 144 valence electrons. The first kappa shape index (κ1) is 19.1. The fourth-order valence-corrected chi connectivity index (χ4v) is 3.77. The van der Waals surface area contributed by atoms with E-state index in [0.717, 1.165) is 58.0 Å². The van der Waals surface area contributed by atoms with Crippen LogP contribution < -0.4 is 4.90 Å². The number of hydrogen-bond donors (Lipinski definition) is 0. The maximum atomic E-state index is 13.4. The molecule has 2 aliphatic heterocycles. The number of rotatable bonds is 4. The standard InChI is InChI=1S/C20H31FN4O/c1-16(2)23-10-12-25(13-11-23)20(26)15-22-6-8-24(9-7-22)18-4-5-19(21)17(3)14-18/h4-5,14,16H,6-13,15H2,1-3H3. The zero-order valence-corrected chi connectivity index (χ0v) is 16.2. The summed E-state index contributed by atoms with van der Waals surface area (Å²) in [7, 11) is 0. The van der Waals surface area contributed by atoms with E-state index in [2.05, 4.69) is 28.5 Å². The first-order valence-corrected chi connectivity index (χ1v) is 9.69. The van der Waals surface area contributed by atoms with Crippen LogP contribution in [0.4, 0.5) is 10.1 Å². The molecule has 1 aromatic carbocycles. The maximum Gasteiger partial charge on any atom is 0.236 e. The van der Waals surface area contributed by atoms with Gasteiger partial charge in [0.05, 0.1) is 6.54 Å². The SMILES string of the molecule is Cc1cc(N2CCN(CC(=O)N3CCN(C(C)C)CC3)CC2)ccc1F. The van der Waals surface area contributed by atoms with Crippen molar-refractivity contribution in [1.82, 2.24) is 14.7 Å². The van der Waals surface area contributed by atoms with E-state index in [1.54, 1.807) is 6.92 Å². The molecule has 26 heavy (non-hydrogen) atoms. The lowest BCUT2D eigenvalue weighted by molar-refractivity contribution is -0.134. The number of hydrogen-bond acceptors (Lipinski definition) is 4. The van der Waals surface area contributed by atoms with Crippen LogP contribution in [-0.4, -0.2) is 85.6 Å². The fourth-order valence-electron chi connectivity index (χ4n) is 3.77. The number of halogens is 1. The van der Waals surface area contributed by atoms with E-state index in [4.69, 9.17) is 0 Å². The van der Waals surface area contributed by atoms with Gasteiger partial charge >= 0.3 is 0 Å². The van der Waals surface area contributed by atoms with Gasteiger partial charge in [0.2, 0.25) is 5.91 Å². The predicted molar refractivity (Wildman–Crippen MR) is 103 cm³/mol. The van der Waals surface area contributed by atoms with Crippen LogP contribution in [0.2, 0.25) is 0 Å². The molecule has 2 saturated heterocycles. The van der Waals surface area contributed by atoms with Crippen molar-refractivity contribution in [3.05, 3.63) is 29.6 Å². The van der Waals surface area contributed by atoms with E-state index in [0.29, 0.717) is 18.2 Å². The summed E-state index contributed by atoms with van der Waals surface area (Å²) in [6, 6.07) is 5.84. The summed E-state index contributed by atoms with van der Waals surface area (Å²) in [5.41, 5.74) is 1.75. The average molecular weight is 362 g/mol. The number of anilines is 1. The number of nitrogens with zero attached hydrogens (tertiary/aromatic N) is 4. The van der Waals surface area contributed by atoms with Crippen molar-refractivity contribution < 1.29 is 9.18 Å². The Morgan fingerprint density at radius 3 is 2.27 bits per heavy atom. The molecule has 0 spiro atoms. The van der Waals surface area contributed by atoms with Crippen LogP contribution >= 0.6 is 0 Å². The number of carbonyl (C=O) groups is 1. The van der Waals surface area contributed by atoms with Crippen molar-refractivity contribution >= 4 is 11.6 Å². The summed E-state index contributed by atoms with van der Waals surface area (Å²) in [4.78, 5) is 21.5. The van der Waals surface area contributed by atoms with Crippen molar-refractivity contribution in [2.24, 2.45) is 0 Å². The Kier molecular flexibility index (Phi) is 6.14. The van der Waals surface area contributed by atoms with Gasteiger partial charge in [-0.15, -0.1) is 0 Å². The Morgan fingerprint density at radius 1 is 1.04 bits per heavy atom. The van der Waals surface area contributed by atoms with Gasteiger partial charge in [0.1, 0.15) is 5.82 Å². The lowest BCUT2D eigenvalue weighted by Crippen LogP contribution is -2.54. The second-order valence-corrected chi connectivity index (χ2v) is 7.71. The van der Waals surface area contributed by atoms with E-state index in [1.807, 2.05) is 17.0 Å². The summed E-state index contributed by atoms with van der Waals surface area (Å²) in [6.07, 6.45) is 0. The number of amides is 1. The van der Waals surface area contributed by atoms with Gasteiger partial charge in [-0.2, -0.15) is 0 Å². The molecule has 0 radical (unpaired) electrons. The molecule has 0 atom stereocenters. The van der Waals surface area contributed by atoms with E-state index < -0.39 is 0 Å². The normalized spacial score (nSPS) is 20.0. The smallest absolute Gasteiger partial charge is 0.236 e. The summed E-state index contributed by atoms with van der Waals surface area (Å²) >= 11 is 0. The van der Waals surface area contributed by atoms with Crippen LogP contribution in [0.1, 0.15) is 19.4 Å². The molecule has 0 bridgehead atoms. The lowest BCUT2D eigenvalue weighted by atomic mass is 10.1. The van der Waals surface area contributed by atoms with Gasteiger partial charge in [0, 0.05) is 64.1 Å². The molecule has 3 rings (SSSR count). The molecular formula is C20H31FN4O. The first-order valence-electron chi connectivity index (χ1n) is 9.69. The highest BCUT2D eigenvalue weighted by Crippen LogP contribution is 2.20. The lowest BCUT2D eigenvalue weighted by Gasteiger charge is -2.39. The minimum Gasteiger partial charge on any atom is -0.369 e. The molecule has 1 aromatic rings. The summed E-state index contributed by atoms with van der Waals surface area (Å²) in [6.45, 7) is 13.8. The molecule has 1 amide bonds. The molecule has 2 heterocycles. The van der Waals surface area contributed by atoms with E-state index in [1.165, 1.54) is 6.07 Å². The quantitative estimate of drug-likeness (QED) is 0.817. The Bertz CT molecular complexity index is 620. The third-order valence-corrected chi connectivity index (χ3v) is 5.64. The minimum atomic E-state index is -0.157. The van der Waals surface area contributed by atoms with Gasteiger partial charge < -0.3 is 9.80 Å². The predicted octanol–water partition coefficient (Wildman–Crippen LogP) is 1.81. The third-order valence-electron chi connectivity index (χ3n) is 5.64. The van der Waals surface area contributed by atoms with Gasteiger partial charge in [-0.05, 0) is 44.5 Å². The number of benzene rings is 1. The highest BCUT2D eigenvalue weighted by atomic mass is 19.1. The maximum absolute atomic E-state index is 13.4. The largest absolute Gasteiger partial charge is 0.369 e. The Morgan fingerprint density at radius 2 is 1.69 bits per heavy atom. The van der Waals surface area contributed by atoms with Crippen LogP contribution in [0.15, 0.2) is 18.2 Å². The minimum absolute atomic E-state index is 0.157. The molecule has 0 N–H and O–H groups in total. The van der Waals surface area contributed by atoms with Gasteiger partial charge in [-0.3, -0.25) is 14.6 Å². The van der Waals surface area contributed by atoms with Crippen LogP contribution in [0, 0.1) is 12.7 Å². The Labute approximate surface area is 156 Å². The van der Waals surface area contributed by atoms with Crippen molar-refractivity contribution in [3.8, 4) is 0 Å². The summed E-state index contributed by atoms with van der Waals surface area (Å²) < 4.78 is 13.4. The van der Waals surface area contributed by atoms with Crippen molar-refractivity contribution in [2.45, 2.75) is 26.8 Å². The number of piperazine rings is 2. The molecule has 5 nitrogen and oxygen atoms in total. The molecule has 0 aliphatic carbocycles. The molecule has 6 heteroatoms. The topological polar surface area (TPSA) is 30.0 Å². The summed E-state index contributed by atoms with van der Waals surface area (Å²) in [5, 5.41) is 0. The zero-order valence-electron chi connectivity index (χ0n) is 16.2. The van der Waals surface area contributed by atoms with Crippen LogP contribution in [0.3, 0.4) is 0 Å². The van der Waals surface area contributed by atoms with Crippen LogP contribution in [-0.2, 0) is 4.79 Å². The molecule has 0 saturated carbocycles. The van der Waals surface area contributed by atoms with Gasteiger partial charge in [-0.25, -0.2) is 4.39 Å². The van der Waals surface area contributed by atoms with Crippen molar-refractivity contribution in [3.63, 3.8) is 0 Å². The first-order chi connectivity index (χ1) is 12.4. The fraction of sp³-hybridized carbons (Fsp3) is 0.650. The number of aryl methyl sites for hydroxylation is 1. The second-order valence-electron chi connectivity index (χ2n) is 7.71. The van der Waals surface area contributed by atoms with E-state index in [-0.39, 0.29) is 11.7 Å². The van der Waals surface area contributed by atoms with E-state index >= 15 is 0 Å². The highest BCUT2D eigenvalue weighted by molar-refractivity contribution is 5.78. The van der Waals surface area contributed by atoms with Gasteiger partial charge in [0.15, 0.2) is 0 Å². The summed E-state index contributed by atoms with van der Waals surface area (Å²) in [5.74, 6) is 0.0926. The Balaban J connectivity index is 1.45. The van der Waals surface area contributed by atoms with Crippen molar-refractivity contribution in [2.75, 3.05) is 63.8 Å². The molecule has 2 aliphatic rings. The van der Waals surface area contributed by atoms with Gasteiger partial charge in [-0.1, -0.05) is 0 Å². The second kappa shape index (κ2) is 8.35. The zero-order chi connectivity index (χ0) is 18.7.